The second-order valence-electron chi connectivity index (χ2n) is 1.67. The van der Waals surface area contributed by atoms with E-state index in [1.54, 1.807) is 24.3 Å². The van der Waals surface area contributed by atoms with Gasteiger partial charge in [0, 0.05) is 0 Å². The summed E-state index contributed by atoms with van der Waals surface area (Å²) in [6.45, 7) is 0. The van der Waals surface area contributed by atoms with Gasteiger partial charge in [-0.2, -0.15) is 0 Å². The number of halogens is 3. The molecule has 12 heavy (non-hydrogen) atoms. The molecule has 0 radical (unpaired) electrons. The number of rotatable bonds is 1. The second kappa shape index (κ2) is 8.78. The van der Waals surface area contributed by atoms with E-state index in [0.717, 1.165) is 0 Å². The van der Waals surface area contributed by atoms with Crippen LogP contribution in [0, 0.1) is 0 Å². The maximum atomic E-state index is 8.99. The molecule has 1 rings (SSSR count). The Kier molecular flexibility index (Phi) is 12.9. The first-order valence-corrected chi connectivity index (χ1v) is 2.66. The Hall–Kier alpha value is -0.310. The first-order chi connectivity index (χ1) is 4.34. The van der Waals surface area contributed by atoms with Crippen LogP contribution in [0.3, 0.4) is 0 Å². The van der Waals surface area contributed by atoms with Crippen molar-refractivity contribution >= 4 is 37.2 Å². The minimum Gasteiger partial charge on any atom is -0.504 e. The molecule has 0 spiro atoms. The lowest BCUT2D eigenvalue weighted by Crippen LogP contribution is -1.80. The molecule has 5 heteroatoms. The van der Waals surface area contributed by atoms with E-state index in [9.17, 15) is 0 Å². The molecular formula is C7H11Cl3O2. The van der Waals surface area contributed by atoms with Gasteiger partial charge in [0.1, 0.15) is 0 Å². The van der Waals surface area contributed by atoms with Crippen LogP contribution in [0.1, 0.15) is 0 Å². The van der Waals surface area contributed by atoms with Crippen molar-refractivity contribution in [2.75, 3.05) is 7.11 Å². The van der Waals surface area contributed by atoms with Crippen molar-refractivity contribution in [2.45, 2.75) is 0 Å². The smallest absolute Gasteiger partial charge is 0.160 e. The summed E-state index contributed by atoms with van der Waals surface area (Å²) in [5, 5.41) is 8.99. The number of methoxy groups -OCH3 is 1. The van der Waals surface area contributed by atoms with Crippen molar-refractivity contribution < 1.29 is 9.84 Å². The summed E-state index contributed by atoms with van der Waals surface area (Å²) < 4.78 is 4.79. The molecule has 0 saturated carbocycles. The summed E-state index contributed by atoms with van der Waals surface area (Å²) in [4.78, 5) is 0. The molecule has 1 aromatic rings. The number of hydrogen-bond donors (Lipinski definition) is 1. The van der Waals surface area contributed by atoms with E-state index in [-0.39, 0.29) is 43.0 Å². The number of ether oxygens (including phenoxy) is 1. The highest BCUT2D eigenvalue weighted by Crippen LogP contribution is 2.22. The molecule has 2 nitrogen and oxygen atoms in total. The Labute approximate surface area is 90.2 Å². The van der Waals surface area contributed by atoms with Crippen molar-refractivity contribution in [1.82, 2.24) is 0 Å². The molecule has 0 amide bonds. The van der Waals surface area contributed by atoms with Gasteiger partial charge in [-0.25, -0.2) is 0 Å². The fraction of sp³-hybridized carbons (Fsp3) is 0.143. The molecule has 0 atom stereocenters. The highest BCUT2D eigenvalue weighted by Gasteiger charge is 1.94. The van der Waals surface area contributed by atoms with Gasteiger partial charge in [0.05, 0.1) is 7.11 Å². The molecule has 0 fully saturated rings. The van der Waals surface area contributed by atoms with Crippen molar-refractivity contribution in [3.05, 3.63) is 24.3 Å². The van der Waals surface area contributed by atoms with Gasteiger partial charge in [0.2, 0.25) is 0 Å². The SMILES string of the molecule is COc1ccccc1O.Cl.Cl.Cl. The number of hydrogen-bond acceptors (Lipinski definition) is 2. The van der Waals surface area contributed by atoms with E-state index in [0.29, 0.717) is 5.75 Å². The second-order valence-corrected chi connectivity index (χ2v) is 1.67. The molecule has 0 aliphatic carbocycles. The van der Waals surface area contributed by atoms with Crippen LogP contribution in [0.25, 0.3) is 0 Å². The van der Waals surface area contributed by atoms with Gasteiger partial charge in [0.15, 0.2) is 11.5 Å². The van der Waals surface area contributed by atoms with Gasteiger partial charge in [-0.1, -0.05) is 12.1 Å². The summed E-state index contributed by atoms with van der Waals surface area (Å²) in [6, 6.07) is 6.84. The third-order valence-corrected chi connectivity index (χ3v) is 1.09. The summed E-state index contributed by atoms with van der Waals surface area (Å²) in [7, 11) is 1.52. The van der Waals surface area contributed by atoms with Crippen LogP contribution in [0.5, 0.6) is 11.5 Å². The van der Waals surface area contributed by atoms with Gasteiger partial charge in [-0.3, -0.25) is 0 Å². The molecular weight excluding hydrogens is 222 g/mol. The molecule has 0 saturated heterocycles. The minimum absolute atomic E-state index is 0. The summed E-state index contributed by atoms with van der Waals surface area (Å²) in [5.74, 6) is 0.692. The third kappa shape index (κ3) is 4.54. The number of aromatic hydroxyl groups is 1. The number of phenols is 1. The van der Waals surface area contributed by atoms with Crippen LogP contribution < -0.4 is 4.74 Å². The molecule has 0 aliphatic rings. The van der Waals surface area contributed by atoms with E-state index >= 15 is 0 Å². The largest absolute Gasteiger partial charge is 0.504 e. The Bertz CT molecular complexity index is 206. The first kappa shape index (κ1) is 17.7. The molecule has 0 heterocycles. The molecule has 0 bridgehead atoms. The van der Waals surface area contributed by atoms with Crippen LogP contribution in [-0.2, 0) is 0 Å². The summed E-state index contributed by atoms with van der Waals surface area (Å²) in [6.07, 6.45) is 0. The zero-order valence-electron chi connectivity index (χ0n) is 6.39. The van der Waals surface area contributed by atoms with E-state index in [1.165, 1.54) is 7.11 Å². The standard InChI is InChI=1S/C7H8O2.3ClH/c1-9-7-5-3-2-4-6(7)8;;;/h2-5,8H,1H3;3*1H. The maximum Gasteiger partial charge on any atom is 0.160 e. The average molecular weight is 234 g/mol. The van der Waals surface area contributed by atoms with Crippen molar-refractivity contribution in [3.8, 4) is 11.5 Å². The van der Waals surface area contributed by atoms with Crippen LogP contribution in [0.2, 0.25) is 0 Å². The fourth-order valence-electron chi connectivity index (χ4n) is 0.630. The molecule has 1 N–H and O–H groups in total. The lowest BCUT2D eigenvalue weighted by atomic mass is 10.3. The normalized spacial score (nSPS) is 6.75. The average Bonchev–Trinajstić information content (AvgIpc) is 1.89. The third-order valence-electron chi connectivity index (χ3n) is 1.09. The topological polar surface area (TPSA) is 29.5 Å². The number of phenolic OH excluding ortho intramolecular Hbond substituents is 1. The minimum atomic E-state index is 0. The lowest BCUT2D eigenvalue weighted by molar-refractivity contribution is 0.373. The molecule has 0 aromatic heterocycles. The van der Waals surface area contributed by atoms with E-state index in [4.69, 9.17) is 9.84 Å². The highest BCUT2D eigenvalue weighted by atomic mass is 35.5. The Morgan fingerprint density at radius 1 is 1.08 bits per heavy atom. The Morgan fingerprint density at radius 3 is 1.92 bits per heavy atom. The van der Waals surface area contributed by atoms with Gasteiger partial charge < -0.3 is 9.84 Å². The molecule has 1 aromatic carbocycles. The first-order valence-electron chi connectivity index (χ1n) is 2.66. The Balaban J connectivity index is -0.000000270. The van der Waals surface area contributed by atoms with Gasteiger partial charge in [-0.15, -0.1) is 37.2 Å². The van der Waals surface area contributed by atoms with Crippen molar-refractivity contribution in [1.29, 1.82) is 0 Å². The zero-order valence-corrected chi connectivity index (χ0v) is 8.84. The zero-order chi connectivity index (χ0) is 6.69. The van der Waals surface area contributed by atoms with Crippen molar-refractivity contribution in [2.24, 2.45) is 0 Å². The number of benzene rings is 1. The lowest BCUT2D eigenvalue weighted by Gasteiger charge is -1.99. The van der Waals surface area contributed by atoms with Crippen LogP contribution in [0.4, 0.5) is 0 Å². The van der Waals surface area contributed by atoms with Crippen LogP contribution >= 0.6 is 37.2 Å². The van der Waals surface area contributed by atoms with E-state index in [2.05, 4.69) is 0 Å². The molecule has 0 unspecified atom stereocenters. The monoisotopic (exact) mass is 232 g/mol. The quantitative estimate of drug-likeness (QED) is 0.808. The van der Waals surface area contributed by atoms with E-state index in [1.807, 2.05) is 0 Å². The summed E-state index contributed by atoms with van der Waals surface area (Å²) >= 11 is 0. The summed E-state index contributed by atoms with van der Waals surface area (Å²) in [5.41, 5.74) is 0. The van der Waals surface area contributed by atoms with Gasteiger partial charge in [-0.05, 0) is 12.1 Å². The highest BCUT2D eigenvalue weighted by molar-refractivity contribution is 5.86. The number of para-hydroxylation sites is 2. The fourth-order valence-corrected chi connectivity index (χ4v) is 0.630. The van der Waals surface area contributed by atoms with Crippen molar-refractivity contribution in [3.63, 3.8) is 0 Å². The molecule has 0 aliphatic heterocycles. The van der Waals surface area contributed by atoms with Crippen LogP contribution in [-0.4, -0.2) is 12.2 Å². The maximum absolute atomic E-state index is 8.99. The Morgan fingerprint density at radius 2 is 1.58 bits per heavy atom. The predicted molar refractivity (Wildman–Crippen MR) is 56.4 cm³/mol. The molecule has 72 valence electrons. The predicted octanol–water partition coefficient (Wildman–Crippen LogP) is 2.67. The van der Waals surface area contributed by atoms with E-state index < -0.39 is 0 Å². The van der Waals surface area contributed by atoms with Gasteiger partial charge >= 0.3 is 0 Å². The van der Waals surface area contributed by atoms with Gasteiger partial charge in [0.25, 0.3) is 0 Å². The van der Waals surface area contributed by atoms with Crippen LogP contribution in [0.15, 0.2) is 24.3 Å².